The third kappa shape index (κ3) is 6.84. The van der Waals surface area contributed by atoms with Crippen LogP contribution in [0.1, 0.15) is 16.7 Å². The molecular weight excluding hydrogens is 406 g/mol. The van der Waals surface area contributed by atoms with Crippen molar-refractivity contribution in [1.29, 1.82) is 5.26 Å². The van der Waals surface area contributed by atoms with Crippen LogP contribution in [0.25, 0.3) is 6.08 Å². The maximum absolute atomic E-state index is 12.5. The fraction of sp³-hybridized carbons (Fsp3) is 0.360. The zero-order chi connectivity index (χ0) is 22.8. The number of carbonyl (C=O) groups excluding carboxylic acids is 1. The van der Waals surface area contributed by atoms with Gasteiger partial charge in [-0.05, 0) is 36.3 Å². The molecule has 0 spiro atoms. The molecule has 7 nitrogen and oxygen atoms in total. The van der Waals surface area contributed by atoms with Crippen molar-refractivity contribution in [3.63, 3.8) is 0 Å². The molecule has 0 aliphatic carbocycles. The van der Waals surface area contributed by atoms with Gasteiger partial charge in [-0.3, -0.25) is 9.69 Å². The van der Waals surface area contributed by atoms with E-state index in [0.717, 1.165) is 44.0 Å². The minimum absolute atomic E-state index is 0.0279. The van der Waals surface area contributed by atoms with Gasteiger partial charge in [0.2, 0.25) is 0 Å². The zero-order valence-corrected chi connectivity index (χ0v) is 18.6. The van der Waals surface area contributed by atoms with Gasteiger partial charge in [-0.2, -0.15) is 5.26 Å². The third-order valence-electron chi connectivity index (χ3n) is 5.21. The van der Waals surface area contributed by atoms with Crippen molar-refractivity contribution in [3.8, 4) is 17.6 Å². The maximum atomic E-state index is 12.5. The van der Waals surface area contributed by atoms with Gasteiger partial charge in [-0.1, -0.05) is 35.9 Å². The summed E-state index contributed by atoms with van der Waals surface area (Å²) in [5.41, 5.74) is 2.84. The molecule has 168 valence electrons. The van der Waals surface area contributed by atoms with Gasteiger partial charge in [0, 0.05) is 26.2 Å². The van der Waals surface area contributed by atoms with E-state index in [2.05, 4.69) is 10.2 Å². The largest absolute Gasteiger partial charge is 0.493 e. The average molecular weight is 436 g/mol. The van der Waals surface area contributed by atoms with E-state index in [-0.39, 0.29) is 5.57 Å². The van der Waals surface area contributed by atoms with Gasteiger partial charge in [0.05, 0.1) is 20.3 Å². The summed E-state index contributed by atoms with van der Waals surface area (Å²) < 4.78 is 16.7. The standard InChI is InChI=1S/C25H29N3O4/c1-19-3-5-20(6-4-19)18-27-25(29)22(17-26)15-21-7-8-23(24(16-21)30-2)32-14-11-28-9-12-31-13-10-28/h3-8,15-16H,9-14,18H2,1-2H3,(H,27,29)/b22-15-. The lowest BCUT2D eigenvalue weighted by atomic mass is 10.1. The molecular formula is C25H29N3O4. The van der Waals surface area contributed by atoms with E-state index in [1.54, 1.807) is 31.4 Å². The van der Waals surface area contributed by atoms with Gasteiger partial charge in [0.1, 0.15) is 18.2 Å². The molecule has 1 fully saturated rings. The number of aryl methyl sites for hydroxylation is 1. The molecule has 0 aromatic heterocycles. The highest BCUT2D eigenvalue weighted by Crippen LogP contribution is 2.29. The van der Waals surface area contributed by atoms with Gasteiger partial charge in [-0.25, -0.2) is 0 Å². The number of rotatable bonds is 9. The third-order valence-corrected chi connectivity index (χ3v) is 5.21. The molecule has 0 unspecified atom stereocenters. The highest BCUT2D eigenvalue weighted by molar-refractivity contribution is 6.01. The molecule has 1 aliphatic heterocycles. The number of nitrogens with one attached hydrogen (secondary N) is 1. The van der Waals surface area contributed by atoms with Crippen LogP contribution in [0, 0.1) is 18.3 Å². The predicted octanol–water partition coefficient (Wildman–Crippen LogP) is 2.94. The Balaban J connectivity index is 1.60. The molecule has 3 rings (SSSR count). The summed E-state index contributed by atoms with van der Waals surface area (Å²) in [6.07, 6.45) is 1.55. The number of hydrogen-bond acceptors (Lipinski definition) is 6. The normalized spacial score (nSPS) is 14.5. The van der Waals surface area contributed by atoms with E-state index >= 15 is 0 Å². The number of methoxy groups -OCH3 is 1. The lowest BCUT2D eigenvalue weighted by molar-refractivity contribution is -0.117. The Kier molecular flexibility index (Phi) is 8.67. The van der Waals surface area contributed by atoms with Crippen molar-refractivity contribution in [1.82, 2.24) is 10.2 Å². The van der Waals surface area contributed by atoms with E-state index < -0.39 is 5.91 Å². The van der Waals surface area contributed by atoms with Crippen LogP contribution < -0.4 is 14.8 Å². The fourth-order valence-corrected chi connectivity index (χ4v) is 3.30. The molecule has 0 radical (unpaired) electrons. The van der Waals surface area contributed by atoms with Crippen LogP contribution in [0.2, 0.25) is 0 Å². The summed E-state index contributed by atoms with van der Waals surface area (Å²) in [5, 5.41) is 12.3. The Labute approximate surface area is 189 Å². The molecule has 0 atom stereocenters. The summed E-state index contributed by atoms with van der Waals surface area (Å²) in [5.74, 6) is 0.760. The van der Waals surface area contributed by atoms with E-state index in [1.807, 2.05) is 37.3 Å². The topological polar surface area (TPSA) is 83.8 Å². The first-order valence-electron chi connectivity index (χ1n) is 10.7. The molecule has 0 saturated carbocycles. The van der Waals surface area contributed by atoms with Gasteiger partial charge in [0.15, 0.2) is 11.5 Å². The molecule has 7 heteroatoms. The monoisotopic (exact) mass is 435 g/mol. The number of morpholine rings is 1. The Bertz CT molecular complexity index is 974. The quantitative estimate of drug-likeness (QED) is 0.482. The molecule has 1 heterocycles. The van der Waals surface area contributed by atoms with Gasteiger partial charge >= 0.3 is 0 Å². The molecule has 2 aromatic carbocycles. The lowest BCUT2D eigenvalue weighted by Gasteiger charge is -2.26. The second-order valence-electron chi connectivity index (χ2n) is 7.55. The summed E-state index contributed by atoms with van der Waals surface area (Å²) in [7, 11) is 1.57. The lowest BCUT2D eigenvalue weighted by Crippen LogP contribution is -2.38. The molecule has 1 saturated heterocycles. The number of benzene rings is 2. The highest BCUT2D eigenvalue weighted by atomic mass is 16.5. The Morgan fingerprint density at radius 1 is 1.19 bits per heavy atom. The Morgan fingerprint density at radius 2 is 1.94 bits per heavy atom. The first kappa shape index (κ1) is 23.3. The smallest absolute Gasteiger partial charge is 0.262 e. The molecule has 2 aromatic rings. The average Bonchev–Trinajstić information content (AvgIpc) is 2.83. The summed E-state index contributed by atoms with van der Waals surface area (Å²) in [6, 6.07) is 15.2. The summed E-state index contributed by atoms with van der Waals surface area (Å²) in [6.45, 7) is 7.05. The number of nitriles is 1. The zero-order valence-electron chi connectivity index (χ0n) is 18.6. The van der Waals surface area contributed by atoms with Crippen LogP contribution in [0.15, 0.2) is 48.0 Å². The van der Waals surface area contributed by atoms with Crippen molar-refractivity contribution < 1.29 is 19.0 Å². The second-order valence-corrected chi connectivity index (χ2v) is 7.55. The predicted molar refractivity (Wildman–Crippen MR) is 122 cm³/mol. The Hall–Kier alpha value is -3.34. The van der Waals surface area contributed by atoms with Gasteiger partial charge in [-0.15, -0.1) is 0 Å². The second kappa shape index (κ2) is 11.9. The Morgan fingerprint density at radius 3 is 2.62 bits per heavy atom. The van der Waals surface area contributed by atoms with Crippen LogP contribution in [0.3, 0.4) is 0 Å². The summed E-state index contributed by atoms with van der Waals surface area (Å²) in [4.78, 5) is 14.8. The summed E-state index contributed by atoms with van der Waals surface area (Å²) >= 11 is 0. The van der Waals surface area contributed by atoms with Crippen molar-refractivity contribution in [2.75, 3.05) is 46.6 Å². The number of nitrogens with zero attached hydrogens (tertiary/aromatic N) is 2. The number of carbonyl (C=O) groups is 1. The van der Waals surface area contributed by atoms with Gasteiger partial charge < -0.3 is 19.5 Å². The number of hydrogen-bond donors (Lipinski definition) is 1. The van der Waals surface area contributed by atoms with E-state index in [0.29, 0.717) is 30.2 Å². The van der Waals surface area contributed by atoms with Crippen LogP contribution in [0.4, 0.5) is 0 Å². The number of amides is 1. The molecule has 0 bridgehead atoms. The number of ether oxygens (including phenoxy) is 3. The molecule has 32 heavy (non-hydrogen) atoms. The van der Waals surface area contributed by atoms with E-state index in [1.165, 1.54) is 0 Å². The SMILES string of the molecule is COc1cc(/C=C(/C#N)C(=O)NCc2ccc(C)cc2)ccc1OCCN1CCOCC1. The van der Waals surface area contributed by atoms with Crippen LogP contribution >= 0.6 is 0 Å². The minimum atomic E-state index is -0.419. The molecule has 1 aliphatic rings. The highest BCUT2D eigenvalue weighted by Gasteiger charge is 2.13. The minimum Gasteiger partial charge on any atom is -0.493 e. The molecule has 1 amide bonds. The van der Waals surface area contributed by atoms with Gasteiger partial charge in [0.25, 0.3) is 5.91 Å². The van der Waals surface area contributed by atoms with Crippen molar-refractivity contribution in [3.05, 3.63) is 64.7 Å². The van der Waals surface area contributed by atoms with Crippen LogP contribution in [-0.2, 0) is 16.1 Å². The maximum Gasteiger partial charge on any atom is 0.262 e. The first-order chi connectivity index (χ1) is 15.6. The van der Waals surface area contributed by atoms with E-state index in [9.17, 15) is 10.1 Å². The van der Waals surface area contributed by atoms with Crippen molar-refractivity contribution >= 4 is 12.0 Å². The first-order valence-corrected chi connectivity index (χ1v) is 10.7. The van der Waals surface area contributed by atoms with Crippen LogP contribution in [-0.4, -0.2) is 57.4 Å². The fourth-order valence-electron chi connectivity index (χ4n) is 3.30. The van der Waals surface area contributed by atoms with Crippen molar-refractivity contribution in [2.24, 2.45) is 0 Å². The molecule has 1 N–H and O–H groups in total. The van der Waals surface area contributed by atoms with E-state index in [4.69, 9.17) is 14.2 Å². The van der Waals surface area contributed by atoms with Crippen LogP contribution in [0.5, 0.6) is 11.5 Å². The van der Waals surface area contributed by atoms with Crippen molar-refractivity contribution in [2.45, 2.75) is 13.5 Å².